The molecule has 11 nitrogen and oxygen atoms in total. The van der Waals surface area contributed by atoms with Crippen LogP contribution in [0.15, 0.2) is 42.6 Å². The monoisotopic (exact) mass is 626 g/mol. The summed E-state index contributed by atoms with van der Waals surface area (Å²) >= 11 is 1.89. The summed E-state index contributed by atoms with van der Waals surface area (Å²) < 4.78 is 11.1. The van der Waals surface area contributed by atoms with Crippen molar-refractivity contribution in [3.05, 3.63) is 53.9 Å². The van der Waals surface area contributed by atoms with Crippen LogP contribution in [0.25, 0.3) is 11.1 Å². The van der Waals surface area contributed by atoms with Gasteiger partial charge in [0.2, 0.25) is 5.91 Å². The Morgan fingerprint density at radius 1 is 0.909 bits per heavy atom. The van der Waals surface area contributed by atoms with E-state index in [4.69, 9.17) is 14.6 Å². The van der Waals surface area contributed by atoms with E-state index in [1.165, 1.54) is 6.07 Å². The minimum absolute atomic E-state index is 0.0107. The highest BCUT2D eigenvalue weighted by Crippen LogP contribution is 2.33. The summed E-state index contributed by atoms with van der Waals surface area (Å²) in [6.07, 6.45) is 7.12. The lowest BCUT2D eigenvalue weighted by Gasteiger charge is -2.16. The molecule has 3 atom stereocenters. The number of aromatic nitrogens is 1. The first-order chi connectivity index (χ1) is 21.4. The maximum Gasteiger partial charge on any atom is 0.354 e. The third kappa shape index (κ3) is 10.9. The first kappa shape index (κ1) is 33.4. The van der Waals surface area contributed by atoms with Gasteiger partial charge in [-0.15, -0.1) is 0 Å². The van der Waals surface area contributed by atoms with Gasteiger partial charge in [0.1, 0.15) is 11.5 Å². The predicted octanol–water partition coefficient (Wildman–Crippen LogP) is 3.60. The van der Waals surface area contributed by atoms with Crippen molar-refractivity contribution in [1.29, 1.82) is 0 Å². The first-order valence-corrected chi connectivity index (χ1v) is 16.3. The third-order valence-corrected chi connectivity index (χ3v) is 9.24. The molecule has 0 bridgehead atoms. The summed E-state index contributed by atoms with van der Waals surface area (Å²) in [7, 11) is 0. The fourth-order valence-electron chi connectivity index (χ4n) is 5.28. The zero-order valence-corrected chi connectivity index (χ0v) is 25.7. The minimum Gasteiger partial charge on any atom is -0.477 e. The number of fused-ring (bicyclic) bond motifs is 1. The molecule has 0 saturated carbocycles. The van der Waals surface area contributed by atoms with Crippen molar-refractivity contribution < 1.29 is 33.8 Å². The number of thioether (sulfide) groups is 1. The number of carboxylic acid groups (broad SMARTS) is 1. The molecule has 44 heavy (non-hydrogen) atoms. The number of aryl methyl sites for hydroxylation is 1. The number of nitrogens with one attached hydrogen (secondary N) is 3. The number of hydrogen-bond acceptors (Lipinski definition) is 8. The minimum atomic E-state index is -1.05. The topological polar surface area (TPSA) is 156 Å². The molecule has 2 aromatic rings. The number of carbonyl (C=O) groups excluding carboxylic acids is 3. The molecule has 1 aromatic heterocycles. The normalized spacial score (nSPS) is 18.8. The zero-order valence-electron chi connectivity index (χ0n) is 24.9. The SMILES string of the molecule is O=C(CCCOCCOCCNC(=O)CCCCC1SCC2NC(=O)NC21)CCc1ccc(-c2ccc(C(=O)O)nc2)cc1. The van der Waals surface area contributed by atoms with Gasteiger partial charge in [0.15, 0.2) is 0 Å². The lowest BCUT2D eigenvalue weighted by molar-refractivity contribution is -0.121. The number of carbonyl (C=O) groups is 4. The molecule has 0 radical (unpaired) electrons. The van der Waals surface area contributed by atoms with Crippen molar-refractivity contribution in [2.75, 3.05) is 38.7 Å². The fraction of sp³-hybridized carbons (Fsp3) is 0.531. The van der Waals surface area contributed by atoms with Gasteiger partial charge in [-0.05, 0) is 42.9 Å². The van der Waals surface area contributed by atoms with E-state index in [1.54, 1.807) is 12.3 Å². The summed E-state index contributed by atoms with van der Waals surface area (Å²) in [5.74, 6) is 0.127. The molecular formula is C32H42N4O7S. The average molecular weight is 627 g/mol. The molecule has 2 fully saturated rings. The van der Waals surface area contributed by atoms with Crippen molar-refractivity contribution in [2.45, 2.75) is 68.7 Å². The molecule has 2 aliphatic heterocycles. The third-order valence-electron chi connectivity index (χ3n) is 7.73. The van der Waals surface area contributed by atoms with Crippen LogP contribution in [0, 0.1) is 0 Å². The number of nitrogens with zero attached hydrogens (tertiary/aromatic N) is 1. The summed E-state index contributed by atoms with van der Waals surface area (Å²) in [5, 5.41) is 18.2. The van der Waals surface area contributed by atoms with Gasteiger partial charge in [-0.2, -0.15) is 11.8 Å². The molecule has 3 unspecified atom stereocenters. The van der Waals surface area contributed by atoms with Crippen molar-refractivity contribution in [2.24, 2.45) is 0 Å². The maximum absolute atomic E-state index is 12.3. The van der Waals surface area contributed by atoms with Gasteiger partial charge in [-0.25, -0.2) is 14.6 Å². The van der Waals surface area contributed by atoms with Crippen LogP contribution in [0.4, 0.5) is 4.79 Å². The van der Waals surface area contributed by atoms with Gasteiger partial charge in [-0.3, -0.25) is 9.59 Å². The largest absolute Gasteiger partial charge is 0.477 e. The van der Waals surface area contributed by atoms with Gasteiger partial charge < -0.3 is 30.5 Å². The van der Waals surface area contributed by atoms with E-state index in [2.05, 4.69) is 20.9 Å². The van der Waals surface area contributed by atoms with Crippen molar-refractivity contribution in [3.8, 4) is 11.1 Å². The Kier molecular flexibility index (Phi) is 13.5. The van der Waals surface area contributed by atoms with Gasteiger partial charge in [0, 0.05) is 55.2 Å². The molecule has 4 N–H and O–H groups in total. The van der Waals surface area contributed by atoms with E-state index >= 15 is 0 Å². The Morgan fingerprint density at radius 3 is 2.43 bits per heavy atom. The lowest BCUT2D eigenvalue weighted by Crippen LogP contribution is -2.36. The number of pyridine rings is 1. The number of carboxylic acids is 1. The van der Waals surface area contributed by atoms with Crippen LogP contribution in [-0.4, -0.2) is 89.8 Å². The number of benzene rings is 1. The van der Waals surface area contributed by atoms with E-state index in [0.29, 0.717) is 70.3 Å². The number of unbranched alkanes of at least 4 members (excludes halogenated alkanes) is 1. The number of hydrogen-bond donors (Lipinski definition) is 4. The average Bonchev–Trinajstić information content (AvgIpc) is 3.58. The molecule has 2 aliphatic rings. The highest BCUT2D eigenvalue weighted by Gasteiger charge is 2.42. The Labute approximate surface area is 262 Å². The molecule has 238 valence electrons. The number of Topliss-reactive ketones (excluding diaryl/α,β-unsaturated/α-hetero) is 1. The first-order valence-electron chi connectivity index (χ1n) is 15.3. The molecule has 12 heteroatoms. The standard InChI is InChI=1S/C32H42N4O7S/c37-25(13-9-22-7-10-23(11-8-22)24-12-14-26(31(39)40)34-20-24)4-3-16-42-18-19-43-17-15-33-29(38)6-2-1-5-28-30-27(21-44-28)35-32(41)36-30/h7-8,10-12,14,20,27-28,30H,1-6,9,13,15-19,21H2,(H,33,38)(H,39,40)(H2,35,36,41). The van der Waals surface area contributed by atoms with Crippen LogP contribution in [0.3, 0.4) is 0 Å². The maximum atomic E-state index is 12.3. The van der Waals surface area contributed by atoms with Crippen LogP contribution in [0.5, 0.6) is 0 Å². The molecular weight excluding hydrogens is 584 g/mol. The highest BCUT2D eigenvalue weighted by atomic mass is 32.2. The number of ether oxygens (including phenoxy) is 2. The van der Waals surface area contributed by atoms with Crippen LogP contribution < -0.4 is 16.0 Å². The Balaban J connectivity index is 0.930. The Morgan fingerprint density at radius 2 is 1.68 bits per heavy atom. The van der Waals surface area contributed by atoms with Gasteiger partial charge >= 0.3 is 12.0 Å². The van der Waals surface area contributed by atoms with Gasteiger partial charge in [0.05, 0.1) is 31.9 Å². The number of rotatable bonds is 20. The molecule has 2 saturated heterocycles. The van der Waals surface area contributed by atoms with Crippen molar-refractivity contribution >= 4 is 35.5 Å². The molecule has 3 amide bonds. The smallest absolute Gasteiger partial charge is 0.354 e. The van der Waals surface area contributed by atoms with E-state index in [-0.39, 0.29) is 35.5 Å². The van der Waals surface area contributed by atoms with Crippen LogP contribution in [-0.2, 0) is 25.5 Å². The second-order valence-electron chi connectivity index (χ2n) is 11.0. The van der Waals surface area contributed by atoms with Crippen LogP contribution >= 0.6 is 11.8 Å². The summed E-state index contributed by atoms with van der Waals surface area (Å²) in [6, 6.07) is 11.5. The van der Waals surface area contributed by atoms with E-state index in [1.807, 2.05) is 36.0 Å². The summed E-state index contributed by atoms with van der Waals surface area (Å²) in [4.78, 5) is 50.7. The predicted molar refractivity (Wildman–Crippen MR) is 168 cm³/mol. The molecule has 3 heterocycles. The number of amides is 3. The zero-order chi connectivity index (χ0) is 31.1. The number of urea groups is 1. The van der Waals surface area contributed by atoms with Gasteiger partial charge in [-0.1, -0.05) is 36.8 Å². The quantitative estimate of drug-likeness (QED) is 0.127. The number of aromatic carboxylic acids is 1. The Bertz CT molecular complexity index is 1240. The molecule has 1 aromatic carbocycles. The fourth-order valence-corrected chi connectivity index (χ4v) is 6.83. The lowest BCUT2D eigenvalue weighted by atomic mass is 10.0. The Hall–Kier alpha value is -3.48. The summed E-state index contributed by atoms with van der Waals surface area (Å²) in [5.41, 5.74) is 2.86. The molecule has 4 rings (SSSR count). The molecule has 0 spiro atoms. The number of ketones is 1. The highest BCUT2D eigenvalue weighted by molar-refractivity contribution is 8.00. The van der Waals surface area contributed by atoms with E-state index < -0.39 is 5.97 Å². The van der Waals surface area contributed by atoms with Crippen LogP contribution in [0.1, 0.15) is 61.0 Å². The van der Waals surface area contributed by atoms with E-state index in [0.717, 1.165) is 41.7 Å². The van der Waals surface area contributed by atoms with Crippen LogP contribution in [0.2, 0.25) is 0 Å². The van der Waals surface area contributed by atoms with E-state index in [9.17, 15) is 19.2 Å². The summed E-state index contributed by atoms with van der Waals surface area (Å²) in [6.45, 7) is 2.27. The second kappa shape index (κ2) is 17.7. The van der Waals surface area contributed by atoms with Crippen molar-refractivity contribution in [1.82, 2.24) is 20.9 Å². The molecule has 0 aliphatic carbocycles. The second-order valence-corrected chi connectivity index (χ2v) is 12.3. The van der Waals surface area contributed by atoms with Crippen molar-refractivity contribution in [3.63, 3.8) is 0 Å². The van der Waals surface area contributed by atoms with Gasteiger partial charge in [0.25, 0.3) is 0 Å².